The summed E-state index contributed by atoms with van der Waals surface area (Å²) in [6, 6.07) is 4.33. The van der Waals surface area contributed by atoms with Gasteiger partial charge in [-0.1, -0.05) is 20.8 Å². The molecule has 0 amide bonds. The Kier molecular flexibility index (Phi) is 2.98. The maximum Gasteiger partial charge on any atom is 0.130 e. The molecule has 1 aliphatic rings. The third-order valence-corrected chi connectivity index (χ3v) is 5.43. The van der Waals surface area contributed by atoms with Gasteiger partial charge >= 0.3 is 0 Å². The van der Waals surface area contributed by atoms with E-state index in [0.717, 1.165) is 23.1 Å². The van der Waals surface area contributed by atoms with Gasteiger partial charge in [-0.2, -0.15) is 5.26 Å². The van der Waals surface area contributed by atoms with Gasteiger partial charge in [-0.25, -0.2) is 4.98 Å². The number of aryl methyl sites for hydroxylation is 1. The molecule has 3 nitrogen and oxygen atoms in total. The van der Waals surface area contributed by atoms with Crippen molar-refractivity contribution < 1.29 is 0 Å². The number of thiophene rings is 1. The van der Waals surface area contributed by atoms with Gasteiger partial charge in [-0.3, -0.25) is 0 Å². The molecule has 1 atom stereocenters. The lowest BCUT2D eigenvalue weighted by atomic mass is 9.71. The molecule has 0 aromatic carbocycles. The third kappa shape index (κ3) is 2.06. The topological polar surface area (TPSA) is 62.7 Å². The second kappa shape index (κ2) is 4.46. The summed E-state index contributed by atoms with van der Waals surface area (Å²) in [6.45, 7) is 6.92. The fraction of sp³-hybridized carbons (Fsp3) is 0.500. The molecule has 0 bridgehead atoms. The Bertz CT molecular complexity index is 716. The first-order valence-corrected chi connectivity index (χ1v) is 7.82. The summed E-state index contributed by atoms with van der Waals surface area (Å²) < 4.78 is 0. The molecule has 1 unspecified atom stereocenters. The molecule has 1 aliphatic carbocycles. The normalized spacial score (nSPS) is 18.8. The molecular weight excluding hydrogens is 266 g/mol. The highest BCUT2D eigenvalue weighted by atomic mass is 32.1. The number of hydrogen-bond acceptors (Lipinski definition) is 4. The zero-order chi connectivity index (χ0) is 14.5. The number of rotatable bonds is 0. The van der Waals surface area contributed by atoms with Gasteiger partial charge in [0.05, 0.1) is 5.69 Å². The SMILES string of the molecule is CC(C)(C)C1CCc2nc3sc(C#N)c(N)c3cc2C1. The highest BCUT2D eigenvalue weighted by Crippen LogP contribution is 2.40. The highest BCUT2D eigenvalue weighted by Gasteiger charge is 2.29. The van der Waals surface area contributed by atoms with Crippen LogP contribution in [0, 0.1) is 22.7 Å². The Morgan fingerprint density at radius 1 is 1.45 bits per heavy atom. The van der Waals surface area contributed by atoms with Gasteiger partial charge in [-0.15, -0.1) is 11.3 Å². The average Bonchev–Trinajstić information content (AvgIpc) is 2.71. The quantitative estimate of drug-likeness (QED) is 0.798. The van der Waals surface area contributed by atoms with Crippen LogP contribution in [0.3, 0.4) is 0 Å². The van der Waals surface area contributed by atoms with Crippen LogP contribution in [0.15, 0.2) is 6.07 Å². The summed E-state index contributed by atoms with van der Waals surface area (Å²) in [7, 11) is 0. The summed E-state index contributed by atoms with van der Waals surface area (Å²) in [4.78, 5) is 6.24. The van der Waals surface area contributed by atoms with Crippen molar-refractivity contribution in [3.63, 3.8) is 0 Å². The molecule has 20 heavy (non-hydrogen) atoms. The maximum absolute atomic E-state index is 9.09. The first kappa shape index (κ1) is 13.4. The van der Waals surface area contributed by atoms with Crippen molar-refractivity contribution in [1.82, 2.24) is 4.98 Å². The molecule has 0 aliphatic heterocycles. The number of nitrogens with two attached hydrogens (primary N) is 1. The Morgan fingerprint density at radius 3 is 2.85 bits per heavy atom. The van der Waals surface area contributed by atoms with E-state index < -0.39 is 0 Å². The number of anilines is 1. The van der Waals surface area contributed by atoms with Crippen LogP contribution in [0.25, 0.3) is 10.2 Å². The lowest BCUT2D eigenvalue weighted by Crippen LogP contribution is -2.27. The van der Waals surface area contributed by atoms with Crippen molar-refractivity contribution in [2.75, 3.05) is 5.73 Å². The van der Waals surface area contributed by atoms with Crippen molar-refractivity contribution in [2.24, 2.45) is 11.3 Å². The van der Waals surface area contributed by atoms with Crippen LogP contribution in [0.1, 0.15) is 43.3 Å². The predicted octanol–water partition coefficient (Wildman–Crippen LogP) is 3.90. The van der Waals surface area contributed by atoms with Gasteiger partial charge in [0.15, 0.2) is 0 Å². The smallest absolute Gasteiger partial charge is 0.130 e. The van der Waals surface area contributed by atoms with E-state index in [9.17, 15) is 0 Å². The highest BCUT2D eigenvalue weighted by molar-refractivity contribution is 7.19. The lowest BCUT2D eigenvalue weighted by molar-refractivity contribution is 0.215. The van der Waals surface area contributed by atoms with Gasteiger partial charge in [0, 0.05) is 11.1 Å². The zero-order valence-electron chi connectivity index (χ0n) is 12.2. The Labute approximate surface area is 123 Å². The first-order valence-electron chi connectivity index (χ1n) is 7.01. The van der Waals surface area contributed by atoms with Crippen molar-refractivity contribution in [3.05, 3.63) is 22.2 Å². The Morgan fingerprint density at radius 2 is 2.20 bits per heavy atom. The molecule has 0 saturated carbocycles. The predicted molar refractivity (Wildman–Crippen MR) is 83.7 cm³/mol. The summed E-state index contributed by atoms with van der Waals surface area (Å²) >= 11 is 1.41. The van der Waals surface area contributed by atoms with Crippen LogP contribution in [0.2, 0.25) is 0 Å². The van der Waals surface area contributed by atoms with Gasteiger partial charge < -0.3 is 5.73 Å². The number of nitriles is 1. The van der Waals surface area contributed by atoms with Gasteiger partial charge in [0.2, 0.25) is 0 Å². The maximum atomic E-state index is 9.09. The largest absolute Gasteiger partial charge is 0.396 e. The summed E-state index contributed by atoms with van der Waals surface area (Å²) in [5, 5.41) is 10.0. The van der Waals surface area contributed by atoms with Crippen LogP contribution in [0.5, 0.6) is 0 Å². The molecule has 104 valence electrons. The minimum atomic E-state index is 0.324. The van der Waals surface area contributed by atoms with E-state index in [2.05, 4.69) is 32.9 Å². The van der Waals surface area contributed by atoms with Crippen molar-refractivity contribution in [1.29, 1.82) is 5.26 Å². The number of nitrogen functional groups attached to an aromatic ring is 1. The monoisotopic (exact) mass is 285 g/mol. The van der Waals surface area contributed by atoms with Crippen LogP contribution in [0.4, 0.5) is 5.69 Å². The number of nitrogens with zero attached hydrogens (tertiary/aromatic N) is 2. The standard InChI is InChI=1S/C16H19N3S/c1-16(2,3)10-4-5-12-9(6-10)7-11-14(18)13(8-17)20-15(11)19-12/h7,10H,4-6,18H2,1-3H3. The Balaban J connectivity index is 2.09. The van der Waals surface area contributed by atoms with Crippen LogP contribution < -0.4 is 5.73 Å². The molecule has 2 N–H and O–H groups in total. The summed E-state index contributed by atoms with van der Waals surface area (Å²) in [6.07, 6.45) is 3.30. The fourth-order valence-electron chi connectivity index (χ4n) is 3.01. The van der Waals surface area contributed by atoms with E-state index in [1.807, 2.05) is 0 Å². The van der Waals surface area contributed by atoms with Gasteiger partial charge in [0.25, 0.3) is 0 Å². The minimum Gasteiger partial charge on any atom is -0.396 e. The number of fused-ring (bicyclic) bond motifs is 2. The molecule has 4 heteroatoms. The number of aromatic nitrogens is 1. The van der Waals surface area contributed by atoms with E-state index in [1.54, 1.807) is 0 Å². The molecule has 2 heterocycles. The second-order valence-electron chi connectivity index (χ2n) is 6.71. The zero-order valence-corrected chi connectivity index (χ0v) is 13.0. The Hall–Kier alpha value is -1.60. The molecule has 0 spiro atoms. The van der Waals surface area contributed by atoms with E-state index >= 15 is 0 Å². The summed E-state index contributed by atoms with van der Waals surface area (Å²) in [5.74, 6) is 0.685. The van der Waals surface area contributed by atoms with Gasteiger partial charge in [0.1, 0.15) is 15.8 Å². The van der Waals surface area contributed by atoms with Crippen LogP contribution in [-0.2, 0) is 12.8 Å². The molecular formula is C16H19N3S. The molecule has 0 fully saturated rings. The van der Waals surface area contributed by atoms with E-state index in [4.69, 9.17) is 16.0 Å². The summed E-state index contributed by atoms with van der Waals surface area (Å²) in [5.41, 5.74) is 9.49. The van der Waals surface area contributed by atoms with Crippen LogP contribution in [-0.4, -0.2) is 4.98 Å². The van der Waals surface area contributed by atoms with Crippen molar-refractivity contribution in [3.8, 4) is 6.07 Å². The lowest BCUT2D eigenvalue weighted by Gasteiger charge is -2.34. The van der Waals surface area contributed by atoms with Crippen molar-refractivity contribution >= 4 is 27.2 Å². The number of pyridine rings is 1. The second-order valence-corrected chi connectivity index (χ2v) is 7.71. The molecule has 0 saturated heterocycles. The molecule has 3 rings (SSSR count). The van der Waals surface area contributed by atoms with E-state index in [-0.39, 0.29) is 0 Å². The fourth-order valence-corrected chi connectivity index (χ4v) is 3.91. The third-order valence-electron chi connectivity index (χ3n) is 4.41. The van der Waals surface area contributed by atoms with Crippen molar-refractivity contribution in [2.45, 2.75) is 40.0 Å². The van der Waals surface area contributed by atoms with Gasteiger partial charge in [-0.05, 0) is 42.2 Å². The number of hydrogen-bond donors (Lipinski definition) is 1. The van der Waals surface area contributed by atoms with E-state index in [1.165, 1.54) is 29.0 Å². The average molecular weight is 285 g/mol. The van der Waals surface area contributed by atoms with E-state index in [0.29, 0.717) is 21.9 Å². The molecule has 2 aromatic rings. The minimum absolute atomic E-state index is 0.324. The molecule has 0 radical (unpaired) electrons. The first-order chi connectivity index (χ1) is 9.40. The van der Waals surface area contributed by atoms with Crippen LogP contribution >= 0.6 is 11.3 Å². The molecule has 2 aromatic heterocycles.